The lowest BCUT2D eigenvalue weighted by molar-refractivity contribution is 0.211. The first-order chi connectivity index (χ1) is 7.22. The van der Waals surface area contributed by atoms with Gasteiger partial charge in [-0.1, -0.05) is 6.07 Å². The average molecular weight is 209 g/mol. The fraction of sp³-hybridized carbons (Fsp3) is 0.125. The van der Waals surface area contributed by atoms with Crippen LogP contribution in [0.5, 0.6) is 0 Å². The third kappa shape index (κ3) is 3.94. The number of carbonyl (C=O) groups is 1. The van der Waals surface area contributed by atoms with Crippen molar-refractivity contribution in [2.24, 2.45) is 10.9 Å². The maximum absolute atomic E-state index is 11.2. The van der Waals surface area contributed by atoms with Gasteiger partial charge in [0.25, 0.3) is 0 Å². The topological polar surface area (TPSA) is 102 Å². The first-order valence-corrected chi connectivity index (χ1v) is 4.08. The Balaban J connectivity index is 2.47. The molecule has 0 aliphatic heterocycles. The molecule has 1 aromatic rings. The summed E-state index contributed by atoms with van der Waals surface area (Å²) in [4.78, 5) is 19.5. The molecule has 0 saturated heterocycles. The van der Waals surface area contributed by atoms with Gasteiger partial charge >= 0.3 is 6.03 Å². The van der Waals surface area contributed by atoms with Crippen LogP contribution in [0.2, 0.25) is 0 Å². The molecule has 15 heavy (non-hydrogen) atoms. The Morgan fingerprint density at radius 2 is 2.40 bits per heavy atom. The number of rotatable bonds is 2. The van der Waals surface area contributed by atoms with Crippen LogP contribution < -0.4 is 16.4 Å². The van der Waals surface area contributed by atoms with E-state index in [9.17, 15) is 4.79 Å². The summed E-state index contributed by atoms with van der Waals surface area (Å²) < 4.78 is 0. The van der Waals surface area contributed by atoms with E-state index in [1.807, 2.05) is 0 Å². The van der Waals surface area contributed by atoms with Crippen molar-refractivity contribution < 1.29 is 9.63 Å². The number of nitrogens with two attached hydrogens (primary N) is 1. The number of urea groups is 1. The Morgan fingerprint density at radius 3 is 3.00 bits per heavy atom. The van der Waals surface area contributed by atoms with Crippen molar-refractivity contribution in [1.82, 2.24) is 10.3 Å². The number of aromatic nitrogens is 1. The Morgan fingerprint density at radius 1 is 1.60 bits per heavy atom. The van der Waals surface area contributed by atoms with Gasteiger partial charge in [0.15, 0.2) is 0 Å². The number of nitrogens with one attached hydrogen (secondary N) is 2. The van der Waals surface area contributed by atoms with E-state index >= 15 is 0 Å². The molecule has 0 aromatic carbocycles. The van der Waals surface area contributed by atoms with E-state index in [-0.39, 0.29) is 5.96 Å². The number of nitrogens with zero attached hydrogens (tertiary/aromatic N) is 2. The molecular formula is C8H11N5O2. The summed E-state index contributed by atoms with van der Waals surface area (Å²) in [7, 11) is 1.32. The number of hydrogen-bond acceptors (Lipinski definition) is 4. The zero-order chi connectivity index (χ0) is 11.1. The fourth-order valence-corrected chi connectivity index (χ4v) is 0.822. The van der Waals surface area contributed by atoms with Crippen LogP contribution in [0.4, 0.5) is 10.6 Å². The normalized spacial score (nSPS) is 10.6. The van der Waals surface area contributed by atoms with Gasteiger partial charge in [0.1, 0.15) is 12.9 Å². The average Bonchev–Trinajstić information content (AvgIpc) is 2.19. The largest absolute Gasteiger partial charge is 0.396 e. The minimum Gasteiger partial charge on any atom is -0.396 e. The molecule has 4 N–H and O–H groups in total. The lowest BCUT2D eigenvalue weighted by Gasteiger charge is -2.04. The molecule has 0 saturated carbocycles. The highest BCUT2D eigenvalue weighted by atomic mass is 16.6. The minimum atomic E-state index is -0.535. The van der Waals surface area contributed by atoms with Crippen LogP contribution in [-0.2, 0) is 4.84 Å². The van der Waals surface area contributed by atoms with E-state index < -0.39 is 6.03 Å². The predicted octanol–water partition coefficient (Wildman–Crippen LogP) is 0.0792. The predicted molar refractivity (Wildman–Crippen MR) is 55.0 cm³/mol. The van der Waals surface area contributed by atoms with Crippen molar-refractivity contribution in [3.63, 3.8) is 0 Å². The fourth-order valence-electron chi connectivity index (χ4n) is 0.822. The van der Waals surface area contributed by atoms with Crippen molar-refractivity contribution in [2.45, 2.75) is 0 Å². The zero-order valence-corrected chi connectivity index (χ0v) is 8.10. The molecule has 0 unspecified atom stereocenters. The molecular weight excluding hydrogens is 198 g/mol. The Kier molecular flexibility index (Phi) is 3.90. The van der Waals surface area contributed by atoms with Gasteiger partial charge < -0.3 is 10.6 Å². The second kappa shape index (κ2) is 5.43. The monoisotopic (exact) mass is 209 g/mol. The van der Waals surface area contributed by atoms with Crippen molar-refractivity contribution in [3.8, 4) is 0 Å². The second-order valence-corrected chi connectivity index (χ2v) is 2.45. The SMILES string of the molecule is CON=C(N)NC(=O)Nc1ccccn1. The van der Waals surface area contributed by atoms with Crippen molar-refractivity contribution in [3.05, 3.63) is 24.4 Å². The molecule has 1 aromatic heterocycles. The zero-order valence-electron chi connectivity index (χ0n) is 8.10. The molecule has 0 fully saturated rings. The summed E-state index contributed by atoms with van der Waals surface area (Å²) in [6.07, 6.45) is 1.56. The smallest absolute Gasteiger partial charge is 0.327 e. The standard InChI is InChI=1S/C8H11N5O2/c1-15-13-7(9)12-8(14)11-6-4-2-3-5-10-6/h2-5H,1H3,(H4,9,10,11,12,13,14). The van der Waals surface area contributed by atoms with Gasteiger partial charge in [-0.2, -0.15) is 0 Å². The third-order valence-corrected chi connectivity index (χ3v) is 1.34. The highest BCUT2D eigenvalue weighted by Gasteiger charge is 2.03. The van der Waals surface area contributed by atoms with Crippen LogP contribution in [0.1, 0.15) is 0 Å². The first kappa shape index (κ1) is 10.8. The Labute approximate surface area is 86.3 Å². The highest BCUT2D eigenvalue weighted by Crippen LogP contribution is 1.98. The summed E-state index contributed by atoms with van der Waals surface area (Å²) in [6.45, 7) is 0. The van der Waals surface area contributed by atoms with E-state index in [0.717, 1.165) is 0 Å². The van der Waals surface area contributed by atoms with Gasteiger partial charge in [-0.25, -0.2) is 9.78 Å². The van der Waals surface area contributed by atoms with Gasteiger partial charge in [0.2, 0.25) is 5.96 Å². The molecule has 7 heteroatoms. The summed E-state index contributed by atoms with van der Waals surface area (Å²) in [5.41, 5.74) is 5.27. The first-order valence-electron chi connectivity index (χ1n) is 4.08. The second-order valence-electron chi connectivity index (χ2n) is 2.45. The molecule has 1 heterocycles. The molecule has 7 nitrogen and oxygen atoms in total. The van der Waals surface area contributed by atoms with Crippen molar-refractivity contribution in [1.29, 1.82) is 0 Å². The van der Waals surface area contributed by atoms with E-state index in [1.54, 1.807) is 24.4 Å². The number of amides is 2. The number of oxime groups is 1. The lowest BCUT2D eigenvalue weighted by Crippen LogP contribution is -2.39. The number of hydrogen-bond donors (Lipinski definition) is 3. The Hall–Kier alpha value is -2.31. The molecule has 0 atom stereocenters. The van der Waals surface area contributed by atoms with E-state index in [4.69, 9.17) is 5.73 Å². The molecule has 0 radical (unpaired) electrons. The quantitative estimate of drug-likeness (QED) is 0.364. The summed E-state index contributed by atoms with van der Waals surface area (Å²) in [5, 5.41) is 8.00. The van der Waals surface area contributed by atoms with E-state index in [2.05, 4.69) is 25.6 Å². The molecule has 80 valence electrons. The van der Waals surface area contributed by atoms with Gasteiger partial charge in [0, 0.05) is 6.20 Å². The van der Waals surface area contributed by atoms with Crippen molar-refractivity contribution >= 4 is 17.8 Å². The van der Waals surface area contributed by atoms with Crippen molar-refractivity contribution in [2.75, 3.05) is 12.4 Å². The number of carbonyl (C=O) groups excluding carboxylic acids is 1. The molecule has 0 aliphatic carbocycles. The number of anilines is 1. The van der Waals surface area contributed by atoms with Gasteiger partial charge in [-0.3, -0.25) is 10.6 Å². The molecule has 1 rings (SSSR count). The van der Waals surface area contributed by atoms with Crippen LogP contribution in [0.3, 0.4) is 0 Å². The van der Waals surface area contributed by atoms with Gasteiger partial charge in [-0.15, -0.1) is 0 Å². The number of guanidine groups is 1. The Bertz CT molecular complexity index is 351. The van der Waals surface area contributed by atoms with Gasteiger partial charge in [0.05, 0.1) is 0 Å². The van der Waals surface area contributed by atoms with Crippen LogP contribution >= 0.6 is 0 Å². The summed E-state index contributed by atoms with van der Waals surface area (Å²) in [5.74, 6) is 0.283. The van der Waals surface area contributed by atoms with Crippen LogP contribution in [-0.4, -0.2) is 24.1 Å². The molecule has 0 spiro atoms. The maximum atomic E-state index is 11.2. The van der Waals surface area contributed by atoms with E-state index in [1.165, 1.54) is 7.11 Å². The van der Waals surface area contributed by atoms with Crippen LogP contribution in [0.15, 0.2) is 29.6 Å². The van der Waals surface area contributed by atoms with E-state index in [0.29, 0.717) is 5.82 Å². The lowest BCUT2D eigenvalue weighted by atomic mass is 10.5. The molecule has 2 amide bonds. The molecule has 0 aliphatic rings. The minimum absolute atomic E-state index is 0.133. The number of pyridine rings is 1. The summed E-state index contributed by atoms with van der Waals surface area (Å²) in [6, 6.07) is 4.59. The molecule has 0 bridgehead atoms. The highest BCUT2D eigenvalue weighted by molar-refractivity contribution is 6.01. The van der Waals surface area contributed by atoms with Crippen LogP contribution in [0.25, 0.3) is 0 Å². The summed E-state index contributed by atoms with van der Waals surface area (Å²) >= 11 is 0. The van der Waals surface area contributed by atoms with Gasteiger partial charge in [-0.05, 0) is 17.3 Å². The third-order valence-electron chi connectivity index (χ3n) is 1.34. The van der Waals surface area contributed by atoms with Crippen LogP contribution in [0, 0.1) is 0 Å². The maximum Gasteiger partial charge on any atom is 0.327 e.